The molecule has 1 saturated heterocycles. The second-order valence-electron chi connectivity index (χ2n) is 8.89. The molecule has 0 aliphatic carbocycles. The summed E-state index contributed by atoms with van der Waals surface area (Å²) in [7, 11) is -3.84. The number of amides is 1. The lowest BCUT2D eigenvalue weighted by Crippen LogP contribution is -2.48. The number of aryl methyl sites for hydroxylation is 2. The number of benzene rings is 3. The number of hydrogen-bond donors (Lipinski definition) is 1. The van der Waals surface area contributed by atoms with E-state index in [2.05, 4.69) is 21.8 Å². The Morgan fingerprint density at radius 3 is 2.26 bits per heavy atom. The Bertz CT molecular complexity index is 1280. The number of carbonyl (C=O) groups excluding carboxylic acids is 1. The molecule has 1 aliphatic heterocycles. The first-order valence-corrected chi connectivity index (χ1v) is 13.0. The van der Waals surface area contributed by atoms with Crippen LogP contribution in [0.4, 0.5) is 5.69 Å². The molecule has 7 heteroatoms. The van der Waals surface area contributed by atoms with Crippen LogP contribution in [0, 0.1) is 20.8 Å². The fraction of sp³-hybridized carbons (Fsp3) is 0.296. The number of carbonyl (C=O) groups is 1. The number of rotatable bonds is 6. The van der Waals surface area contributed by atoms with Gasteiger partial charge in [0.05, 0.1) is 10.6 Å². The minimum absolute atomic E-state index is 0.127. The van der Waals surface area contributed by atoms with E-state index in [-0.39, 0.29) is 10.8 Å². The summed E-state index contributed by atoms with van der Waals surface area (Å²) in [5, 5.41) is 0. The standard InChI is InChI=1S/C27H31N3O3S/c1-20-8-7-11-25(22(20)3)28-34(32,33)26-18-24(13-12-21(26)2)27(31)30-16-14-29(15-17-30)19-23-9-5-4-6-10-23/h4-13,18,28H,14-17,19H2,1-3H3. The molecule has 0 saturated carbocycles. The Hall–Kier alpha value is -3.16. The predicted octanol–water partition coefficient (Wildman–Crippen LogP) is 4.37. The van der Waals surface area contributed by atoms with Crippen molar-refractivity contribution in [3.05, 3.63) is 94.5 Å². The van der Waals surface area contributed by atoms with Gasteiger partial charge >= 0.3 is 0 Å². The Balaban J connectivity index is 1.47. The van der Waals surface area contributed by atoms with Crippen molar-refractivity contribution >= 4 is 21.6 Å². The number of piperazine rings is 1. The van der Waals surface area contributed by atoms with Gasteiger partial charge in [-0.2, -0.15) is 0 Å². The third-order valence-electron chi connectivity index (χ3n) is 6.48. The third-order valence-corrected chi connectivity index (χ3v) is 7.99. The van der Waals surface area contributed by atoms with Gasteiger partial charge in [0.1, 0.15) is 0 Å². The van der Waals surface area contributed by atoms with Crippen molar-refractivity contribution < 1.29 is 13.2 Å². The van der Waals surface area contributed by atoms with Crippen molar-refractivity contribution in [2.75, 3.05) is 30.9 Å². The molecule has 0 radical (unpaired) electrons. The Morgan fingerprint density at radius 1 is 0.853 bits per heavy atom. The van der Waals surface area contributed by atoms with Gasteiger partial charge in [0.15, 0.2) is 0 Å². The van der Waals surface area contributed by atoms with Crippen molar-refractivity contribution in [3.63, 3.8) is 0 Å². The quantitative estimate of drug-likeness (QED) is 0.572. The highest BCUT2D eigenvalue weighted by atomic mass is 32.2. The van der Waals surface area contributed by atoms with Gasteiger partial charge in [-0.3, -0.25) is 14.4 Å². The van der Waals surface area contributed by atoms with Crippen LogP contribution in [0.5, 0.6) is 0 Å². The van der Waals surface area contributed by atoms with Gasteiger partial charge in [-0.25, -0.2) is 8.42 Å². The second kappa shape index (κ2) is 9.99. The molecule has 0 aromatic heterocycles. The van der Waals surface area contributed by atoms with Crippen LogP contribution in [-0.2, 0) is 16.6 Å². The van der Waals surface area contributed by atoms with E-state index < -0.39 is 10.0 Å². The van der Waals surface area contributed by atoms with Gasteiger partial charge in [0.25, 0.3) is 15.9 Å². The van der Waals surface area contributed by atoms with Gasteiger partial charge in [0.2, 0.25) is 0 Å². The molecule has 0 spiro atoms. The molecule has 0 unspecified atom stereocenters. The molecular formula is C27H31N3O3S. The summed E-state index contributed by atoms with van der Waals surface area (Å²) in [4.78, 5) is 17.5. The van der Waals surface area contributed by atoms with Crippen LogP contribution >= 0.6 is 0 Å². The van der Waals surface area contributed by atoms with Gasteiger partial charge in [-0.1, -0.05) is 48.5 Å². The van der Waals surface area contributed by atoms with Crippen molar-refractivity contribution in [3.8, 4) is 0 Å². The molecule has 1 aliphatic rings. The molecule has 1 fully saturated rings. The molecule has 0 bridgehead atoms. The summed E-state index contributed by atoms with van der Waals surface area (Å²) in [5.74, 6) is -0.137. The van der Waals surface area contributed by atoms with E-state index in [0.29, 0.717) is 29.9 Å². The highest BCUT2D eigenvalue weighted by molar-refractivity contribution is 7.92. The molecule has 1 N–H and O–H groups in total. The molecule has 178 valence electrons. The van der Waals surface area contributed by atoms with Gasteiger partial charge in [0, 0.05) is 38.3 Å². The maximum Gasteiger partial charge on any atom is 0.262 e. The molecule has 6 nitrogen and oxygen atoms in total. The average Bonchev–Trinajstić information content (AvgIpc) is 2.83. The summed E-state index contributed by atoms with van der Waals surface area (Å²) in [5.41, 5.74) is 4.68. The van der Waals surface area contributed by atoms with Crippen molar-refractivity contribution in [1.82, 2.24) is 9.80 Å². The van der Waals surface area contributed by atoms with Crippen LogP contribution < -0.4 is 4.72 Å². The maximum absolute atomic E-state index is 13.2. The maximum atomic E-state index is 13.2. The fourth-order valence-corrected chi connectivity index (χ4v) is 5.61. The number of nitrogens with one attached hydrogen (secondary N) is 1. The van der Waals surface area contributed by atoms with E-state index in [9.17, 15) is 13.2 Å². The molecule has 34 heavy (non-hydrogen) atoms. The fourth-order valence-electron chi connectivity index (χ4n) is 4.22. The zero-order valence-corrected chi connectivity index (χ0v) is 20.7. The first-order chi connectivity index (χ1) is 16.2. The predicted molar refractivity (Wildman–Crippen MR) is 136 cm³/mol. The van der Waals surface area contributed by atoms with Crippen LogP contribution in [0.3, 0.4) is 0 Å². The highest BCUT2D eigenvalue weighted by Crippen LogP contribution is 2.25. The van der Waals surface area contributed by atoms with Crippen molar-refractivity contribution in [2.24, 2.45) is 0 Å². The van der Waals surface area contributed by atoms with Crippen molar-refractivity contribution in [2.45, 2.75) is 32.2 Å². The van der Waals surface area contributed by atoms with Crippen LogP contribution in [0.1, 0.15) is 32.6 Å². The first kappa shape index (κ1) is 24.0. The summed E-state index contributed by atoms with van der Waals surface area (Å²) in [6, 6.07) is 20.7. The highest BCUT2D eigenvalue weighted by Gasteiger charge is 2.25. The van der Waals surface area contributed by atoms with Crippen LogP contribution in [0.25, 0.3) is 0 Å². The van der Waals surface area contributed by atoms with E-state index in [4.69, 9.17) is 0 Å². The summed E-state index contributed by atoms with van der Waals surface area (Å²) in [6.07, 6.45) is 0. The van der Waals surface area contributed by atoms with Gasteiger partial charge < -0.3 is 4.90 Å². The van der Waals surface area contributed by atoms with Crippen LogP contribution in [0.2, 0.25) is 0 Å². The SMILES string of the molecule is Cc1ccc(C(=O)N2CCN(Cc3ccccc3)CC2)cc1S(=O)(=O)Nc1cccc(C)c1C. The van der Waals surface area contributed by atoms with E-state index in [1.807, 2.05) is 44.2 Å². The Morgan fingerprint density at radius 2 is 1.56 bits per heavy atom. The topological polar surface area (TPSA) is 69.7 Å². The number of hydrogen-bond acceptors (Lipinski definition) is 4. The molecule has 3 aromatic rings. The van der Waals surface area contributed by atoms with Crippen LogP contribution in [0.15, 0.2) is 71.6 Å². The average molecular weight is 478 g/mol. The van der Waals surface area contributed by atoms with Gasteiger partial charge in [-0.15, -0.1) is 0 Å². The minimum atomic E-state index is -3.84. The zero-order valence-electron chi connectivity index (χ0n) is 19.9. The molecular weight excluding hydrogens is 446 g/mol. The minimum Gasteiger partial charge on any atom is -0.336 e. The smallest absolute Gasteiger partial charge is 0.262 e. The molecule has 1 heterocycles. The van der Waals surface area contributed by atoms with E-state index in [1.54, 1.807) is 30.0 Å². The summed E-state index contributed by atoms with van der Waals surface area (Å²) < 4.78 is 29.1. The molecule has 0 atom stereocenters. The lowest BCUT2D eigenvalue weighted by Gasteiger charge is -2.35. The van der Waals surface area contributed by atoms with E-state index in [1.165, 1.54) is 11.6 Å². The first-order valence-electron chi connectivity index (χ1n) is 11.5. The zero-order chi connectivity index (χ0) is 24.3. The molecule has 4 rings (SSSR count). The number of anilines is 1. The normalized spacial score (nSPS) is 14.7. The Labute approximate surface area is 202 Å². The number of nitrogens with zero attached hydrogens (tertiary/aromatic N) is 2. The van der Waals surface area contributed by atoms with E-state index in [0.717, 1.165) is 30.8 Å². The monoisotopic (exact) mass is 477 g/mol. The number of sulfonamides is 1. The summed E-state index contributed by atoms with van der Waals surface area (Å²) >= 11 is 0. The summed E-state index contributed by atoms with van der Waals surface area (Å²) in [6.45, 7) is 9.23. The lowest BCUT2D eigenvalue weighted by atomic mass is 10.1. The molecule has 1 amide bonds. The van der Waals surface area contributed by atoms with Gasteiger partial charge in [-0.05, 0) is 61.2 Å². The Kier molecular flexibility index (Phi) is 7.05. The second-order valence-corrected chi connectivity index (χ2v) is 10.5. The lowest BCUT2D eigenvalue weighted by molar-refractivity contribution is 0.0628. The van der Waals surface area contributed by atoms with E-state index >= 15 is 0 Å². The third kappa shape index (κ3) is 5.32. The van der Waals surface area contributed by atoms with Crippen LogP contribution in [-0.4, -0.2) is 50.3 Å². The largest absolute Gasteiger partial charge is 0.336 e. The van der Waals surface area contributed by atoms with Crippen molar-refractivity contribution in [1.29, 1.82) is 0 Å². The molecule has 3 aromatic carbocycles.